The number of para-hydroxylation sites is 1. The molecule has 0 saturated carbocycles. The van der Waals surface area contributed by atoms with Gasteiger partial charge in [-0.15, -0.1) is 0 Å². The van der Waals surface area contributed by atoms with Crippen molar-refractivity contribution in [2.75, 3.05) is 5.73 Å². The van der Waals surface area contributed by atoms with Crippen molar-refractivity contribution in [1.82, 2.24) is 9.97 Å². The Morgan fingerprint density at radius 3 is 2.60 bits per heavy atom. The molecule has 2 N–H and O–H groups in total. The van der Waals surface area contributed by atoms with E-state index in [0.717, 1.165) is 28.0 Å². The highest BCUT2D eigenvalue weighted by Crippen LogP contribution is 2.28. The number of anilines is 1. The summed E-state index contributed by atoms with van der Waals surface area (Å²) in [6.07, 6.45) is 0. The van der Waals surface area contributed by atoms with E-state index in [2.05, 4.69) is 40.0 Å². The number of aryl methyl sites for hydroxylation is 1. The van der Waals surface area contributed by atoms with Crippen molar-refractivity contribution in [2.45, 2.75) is 12.3 Å². The Bertz CT molecular complexity index is 784. The van der Waals surface area contributed by atoms with E-state index in [-0.39, 0.29) is 0 Å². The van der Waals surface area contributed by atoms with E-state index in [1.54, 1.807) is 0 Å². The van der Waals surface area contributed by atoms with Gasteiger partial charge in [-0.2, -0.15) is 0 Å². The summed E-state index contributed by atoms with van der Waals surface area (Å²) in [7, 11) is 0. The Morgan fingerprint density at radius 2 is 1.85 bits per heavy atom. The highest BCUT2D eigenvalue weighted by Gasteiger charge is 2.12. The molecule has 0 aliphatic carbocycles. The summed E-state index contributed by atoms with van der Waals surface area (Å²) in [5.74, 6) is 0. The molecule has 0 bridgehead atoms. The van der Waals surface area contributed by atoms with Crippen molar-refractivity contribution in [3.8, 4) is 11.3 Å². The van der Waals surface area contributed by atoms with Gasteiger partial charge in [0.25, 0.3) is 0 Å². The lowest BCUT2D eigenvalue weighted by Crippen LogP contribution is -2.00. The average Bonchev–Trinajstić information content (AvgIpc) is 2.47. The summed E-state index contributed by atoms with van der Waals surface area (Å²) in [4.78, 5) is 9.44. The third kappa shape index (κ3) is 2.16. The fraction of sp³-hybridized carbons (Fsp3) is 0.125. The van der Waals surface area contributed by atoms with Crippen molar-refractivity contribution in [2.24, 2.45) is 0 Å². The lowest BCUT2D eigenvalue weighted by atomic mass is 10.0. The molecular weight excluding hydrogens is 314 g/mol. The summed E-state index contributed by atoms with van der Waals surface area (Å²) in [5, 5.41) is 0.661. The molecule has 0 saturated heterocycles. The van der Waals surface area contributed by atoms with Gasteiger partial charge in [0.2, 0.25) is 0 Å². The Kier molecular flexibility index (Phi) is 3.40. The minimum Gasteiger partial charge on any atom is -0.397 e. The number of aromatic nitrogens is 2. The summed E-state index contributed by atoms with van der Waals surface area (Å²) in [6.45, 7) is 2.08. The van der Waals surface area contributed by atoms with E-state index < -0.39 is 0 Å². The van der Waals surface area contributed by atoms with Gasteiger partial charge in [-0.3, -0.25) is 0 Å². The van der Waals surface area contributed by atoms with Crippen LogP contribution in [0.15, 0.2) is 42.5 Å². The van der Waals surface area contributed by atoms with Crippen LogP contribution in [0.4, 0.5) is 5.69 Å². The zero-order valence-corrected chi connectivity index (χ0v) is 12.7. The van der Waals surface area contributed by atoms with E-state index in [9.17, 15) is 0 Å². The lowest BCUT2D eigenvalue weighted by Gasteiger charge is -2.11. The van der Waals surface area contributed by atoms with Crippen LogP contribution in [-0.2, 0) is 5.33 Å². The number of nitrogens with zero attached hydrogens (tertiary/aromatic N) is 2. The van der Waals surface area contributed by atoms with Crippen molar-refractivity contribution in [3.63, 3.8) is 0 Å². The molecule has 1 heterocycles. The normalized spacial score (nSPS) is 10.9. The summed E-state index contributed by atoms with van der Waals surface area (Å²) < 4.78 is 0. The second-order valence-electron chi connectivity index (χ2n) is 4.68. The zero-order valence-electron chi connectivity index (χ0n) is 11.1. The molecule has 0 aliphatic heterocycles. The molecular formula is C16H14BrN3. The number of hydrogen-bond acceptors (Lipinski definition) is 3. The highest BCUT2D eigenvalue weighted by atomic mass is 79.9. The first-order valence-electron chi connectivity index (χ1n) is 6.38. The predicted molar refractivity (Wildman–Crippen MR) is 86.8 cm³/mol. The minimum absolute atomic E-state index is 0.658. The van der Waals surface area contributed by atoms with Gasteiger partial charge in [0.15, 0.2) is 0 Å². The zero-order chi connectivity index (χ0) is 14.1. The molecule has 0 aliphatic rings. The molecule has 0 amide bonds. The van der Waals surface area contributed by atoms with Gasteiger partial charge in [-0.05, 0) is 24.6 Å². The molecule has 0 radical (unpaired) electrons. The van der Waals surface area contributed by atoms with E-state index in [4.69, 9.17) is 10.7 Å². The quantitative estimate of drug-likeness (QED) is 0.570. The maximum absolute atomic E-state index is 6.02. The second-order valence-corrected chi connectivity index (χ2v) is 5.24. The number of halogens is 1. The van der Waals surface area contributed by atoms with Gasteiger partial charge in [-0.25, -0.2) is 9.97 Å². The largest absolute Gasteiger partial charge is 0.397 e. The average molecular weight is 328 g/mol. The van der Waals surface area contributed by atoms with Crippen LogP contribution in [0.5, 0.6) is 0 Å². The number of nitrogen functional groups attached to an aromatic ring is 1. The standard InChI is InChI=1S/C16H14BrN3/c1-10-5-2-3-6-11(10)15-14(9-17)19-13-8-4-7-12(18)16(13)20-15/h2-8H,9,18H2,1H3. The summed E-state index contributed by atoms with van der Waals surface area (Å²) in [6, 6.07) is 13.9. The maximum Gasteiger partial charge on any atom is 0.112 e. The van der Waals surface area contributed by atoms with Crippen molar-refractivity contribution in [1.29, 1.82) is 0 Å². The van der Waals surface area contributed by atoms with Crippen LogP contribution >= 0.6 is 15.9 Å². The topological polar surface area (TPSA) is 51.8 Å². The molecule has 3 nitrogen and oxygen atoms in total. The molecule has 0 fully saturated rings. The number of alkyl halides is 1. The number of nitrogens with two attached hydrogens (primary N) is 1. The lowest BCUT2D eigenvalue weighted by molar-refractivity contribution is 1.17. The van der Waals surface area contributed by atoms with Crippen LogP contribution in [-0.4, -0.2) is 9.97 Å². The van der Waals surface area contributed by atoms with Gasteiger partial charge in [0.05, 0.1) is 22.6 Å². The molecule has 3 aromatic rings. The van der Waals surface area contributed by atoms with Crippen LogP contribution in [0.2, 0.25) is 0 Å². The van der Waals surface area contributed by atoms with Gasteiger partial charge in [0.1, 0.15) is 5.52 Å². The number of rotatable bonds is 2. The van der Waals surface area contributed by atoms with Crippen LogP contribution in [0, 0.1) is 6.92 Å². The smallest absolute Gasteiger partial charge is 0.112 e. The number of benzene rings is 2. The first-order valence-corrected chi connectivity index (χ1v) is 7.50. The summed E-state index contributed by atoms with van der Waals surface area (Å²) >= 11 is 3.50. The van der Waals surface area contributed by atoms with Crippen molar-refractivity contribution < 1.29 is 0 Å². The third-order valence-corrected chi connectivity index (χ3v) is 3.86. The molecule has 0 unspecified atom stereocenters. The van der Waals surface area contributed by atoms with Crippen molar-refractivity contribution >= 4 is 32.7 Å². The third-order valence-electron chi connectivity index (χ3n) is 3.33. The fourth-order valence-electron chi connectivity index (χ4n) is 2.28. The van der Waals surface area contributed by atoms with Crippen LogP contribution < -0.4 is 5.73 Å². The van der Waals surface area contributed by atoms with Gasteiger partial charge < -0.3 is 5.73 Å². The first-order chi connectivity index (χ1) is 9.70. The Hall–Kier alpha value is -1.94. The monoisotopic (exact) mass is 327 g/mol. The molecule has 0 atom stereocenters. The predicted octanol–water partition coefficient (Wildman–Crippen LogP) is 4.08. The number of fused-ring (bicyclic) bond motifs is 1. The maximum atomic E-state index is 6.02. The molecule has 2 aromatic carbocycles. The SMILES string of the molecule is Cc1ccccc1-c1nc2c(N)cccc2nc1CBr. The van der Waals surface area contributed by atoms with Gasteiger partial charge in [0, 0.05) is 10.9 Å². The summed E-state index contributed by atoms with van der Waals surface area (Å²) in [5.41, 5.74) is 12.4. The van der Waals surface area contributed by atoms with Crippen LogP contribution in [0.3, 0.4) is 0 Å². The van der Waals surface area contributed by atoms with Crippen molar-refractivity contribution in [3.05, 3.63) is 53.7 Å². The van der Waals surface area contributed by atoms with Gasteiger partial charge in [-0.1, -0.05) is 46.3 Å². The van der Waals surface area contributed by atoms with E-state index in [0.29, 0.717) is 11.0 Å². The minimum atomic E-state index is 0.658. The Labute approximate surface area is 126 Å². The van der Waals surface area contributed by atoms with E-state index >= 15 is 0 Å². The second kappa shape index (κ2) is 5.21. The molecule has 3 rings (SSSR count). The molecule has 1 aromatic heterocycles. The van der Waals surface area contributed by atoms with Crippen LogP contribution in [0.1, 0.15) is 11.3 Å². The van der Waals surface area contributed by atoms with E-state index in [1.165, 1.54) is 5.56 Å². The Morgan fingerprint density at radius 1 is 1.05 bits per heavy atom. The molecule has 4 heteroatoms. The molecule has 100 valence electrons. The van der Waals surface area contributed by atoms with E-state index in [1.807, 2.05) is 30.3 Å². The number of hydrogen-bond donors (Lipinski definition) is 1. The Balaban J connectivity index is 2.34. The molecule has 20 heavy (non-hydrogen) atoms. The molecule has 0 spiro atoms. The highest BCUT2D eigenvalue weighted by molar-refractivity contribution is 9.08. The first kappa shape index (κ1) is 13.1. The fourth-order valence-corrected chi connectivity index (χ4v) is 2.67. The van der Waals surface area contributed by atoms with Crippen LogP contribution in [0.25, 0.3) is 22.3 Å². The van der Waals surface area contributed by atoms with Gasteiger partial charge >= 0.3 is 0 Å².